The Bertz CT molecular complexity index is 37.6. The van der Waals surface area contributed by atoms with Gasteiger partial charge in [0.05, 0.1) is 0 Å². The van der Waals surface area contributed by atoms with E-state index in [0.717, 1.165) is 13.2 Å². The van der Waals surface area contributed by atoms with Gasteiger partial charge in [-0.2, -0.15) is 0 Å². The Kier molecular flexibility index (Phi) is 212. The summed E-state index contributed by atoms with van der Waals surface area (Å²) < 4.78 is 4.83. The van der Waals surface area contributed by atoms with Crippen LogP contribution >= 0.6 is 0 Å². The number of ether oxygens (including phenoxy) is 1. The maximum Gasteiger partial charge on any atom is 0.0437 e. The number of hydrogen-bond acceptors (Lipinski definition) is 1. The standard InChI is InChI=1S/C4H10O.Co.Ni.Pd.Pt.Rh.Ru/c1-3-5-4-2;;;;;;/h3-4H2,1-2H3;;;;;;. The minimum absolute atomic E-state index is 0. The van der Waals surface area contributed by atoms with Crippen molar-refractivity contribution in [2.45, 2.75) is 13.8 Å². The molecule has 0 aliphatic rings. The van der Waals surface area contributed by atoms with Gasteiger partial charge in [0.1, 0.15) is 0 Å². The fraction of sp³-hybridized carbons (Fsp3) is 1.00. The van der Waals surface area contributed by atoms with Crippen LogP contribution in [0, 0.1) is 0 Å². The Morgan fingerprint density at radius 3 is 1.27 bits per heavy atom. The maximum absolute atomic E-state index is 4.83. The van der Waals surface area contributed by atoms with Crippen molar-refractivity contribution < 1.29 is 118 Å². The first-order chi connectivity index (χ1) is 2.41. The smallest absolute Gasteiger partial charge is 0.0437 e. The third-order valence-electron chi connectivity index (χ3n) is 0.408. The average Bonchev–Trinajstić information content (AvgIpc) is 1.41. The molecule has 0 heterocycles. The third-order valence-corrected chi connectivity index (χ3v) is 0.408. The summed E-state index contributed by atoms with van der Waals surface area (Å²) in [6, 6.07) is 0. The van der Waals surface area contributed by atoms with Crippen molar-refractivity contribution >= 4 is 0 Å². The van der Waals surface area contributed by atoms with Crippen molar-refractivity contribution in [3.05, 3.63) is 0 Å². The summed E-state index contributed by atoms with van der Waals surface area (Å²) in [6.07, 6.45) is 0. The molecule has 0 amide bonds. The molecule has 7 heteroatoms. The SMILES string of the molecule is CCOCC.[Co].[Ni].[Pd].[Pt].[Rh].[Ru]. The molecule has 0 aliphatic heterocycles. The fourth-order valence-electron chi connectivity index (χ4n) is 0.204. The molecule has 0 aromatic rings. The van der Waals surface area contributed by atoms with Gasteiger partial charge in [-0.15, -0.1) is 0 Å². The molecule has 0 unspecified atom stereocenters. The molecule has 11 heavy (non-hydrogen) atoms. The maximum atomic E-state index is 4.83. The monoisotopic (exact) mass is 697 g/mol. The molecule has 0 atom stereocenters. The molecule has 0 aromatic heterocycles. The Morgan fingerprint density at radius 2 is 1.27 bits per heavy atom. The first-order valence-electron chi connectivity index (χ1n) is 1.99. The molecule has 2 radical (unpaired) electrons. The van der Waals surface area contributed by atoms with Crippen molar-refractivity contribution in [1.82, 2.24) is 0 Å². The minimum atomic E-state index is 0. The van der Waals surface area contributed by atoms with Crippen LogP contribution in [-0.2, 0) is 118 Å². The van der Waals surface area contributed by atoms with Crippen molar-refractivity contribution in [3.8, 4) is 0 Å². The van der Waals surface area contributed by atoms with Crippen LogP contribution in [0.2, 0.25) is 0 Å². The van der Waals surface area contributed by atoms with Crippen LogP contribution in [0.15, 0.2) is 0 Å². The van der Waals surface area contributed by atoms with E-state index in [1.165, 1.54) is 0 Å². The normalized spacial score (nSPS) is 3.82. The van der Waals surface area contributed by atoms with Gasteiger partial charge < -0.3 is 4.74 Å². The van der Waals surface area contributed by atoms with Gasteiger partial charge >= 0.3 is 0 Å². The molecular formula is C4H10CoNiOPdPtRhRu. The molecule has 0 fully saturated rings. The molecule has 88 valence electrons. The average molecular weight is 697 g/mol. The van der Waals surface area contributed by atoms with Crippen LogP contribution in [0.5, 0.6) is 0 Å². The largest absolute Gasteiger partial charge is 0.382 e. The fourth-order valence-corrected chi connectivity index (χ4v) is 0.204. The van der Waals surface area contributed by atoms with Crippen molar-refractivity contribution in [3.63, 3.8) is 0 Å². The molecule has 0 rings (SSSR count). The van der Waals surface area contributed by atoms with Gasteiger partial charge in [0.15, 0.2) is 0 Å². The summed E-state index contributed by atoms with van der Waals surface area (Å²) >= 11 is 0. The predicted octanol–water partition coefficient (Wildman–Crippen LogP) is 1.03. The van der Waals surface area contributed by atoms with Crippen molar-refractivity contribution in [2.24, 2.45) is 0 Å². The van der Waals surface area contributed by atoms with Gasteiger partial charge in [0.2, 0.25) is 0 Å². The van der Waals surface area contributed by atoms with Crippen LogP contribution in [0.25, 0.3) is 0 Å². The van der Waals surface area contributed by atoms with Crippen LogP contribution in [0.3, 0.4) is 0 Å². The Hall–Kier alpha value is 3.56. The summed E-state index contributed by atoms with van der Waals surface area (Å²) in [5.74, 6) is 0. The Morgan fingerprint density at radius 1 is 1.09 bits per heavy atom. The third kappa shape index (κ3) is 58.6. The summed E-state index contributed by atoms with van der Waals surface area (Å²) in [4.78, 5) is 0. The van der Waals surface area contributed by atoms with E-state index in [1.54, 1.807) is 0 Å². The first kappa shape index (κ1) is 46.8. The summed E-state index contributed by atoms with van der Waals surface area (Å²) in [7, 11) is 0. The molecule has 0 saturated heterocycles. The van der Waals surface area contributed by atoms with E-state index in [0.29, 0.717) is 0 Å². The quantitative estimate of drug-likeness (QED) is 0.393. The molecular weight excluding hydrogens is 687 g/mol. The van der Waals surface area contributed by atoms with E-state index in [9.17, 15) is 0 Å². The predicted molar refractivity (Wildman–Crippen MR) is 22.2 cm³/mol. The Labute approximate surface area is 143 Å². The number of hydrogen-bond donors (Lipinski definition) is 0. The van der Waals surface area contributed by atoms with E-state index in [-0.39, 0.29) is 114 Å². The van der Waals surface area contributed by atoms with Gasteiger partial charge in [-0.3, -0.25) is 0 Å². The van der Waals surface area contributed by atoms with E-state index < -0.39 is 0 Å². The van der Waals surface area contributed by atoms with Gasteiger partial charge in [-0.1, -0.05) is 0 Å². The second-order valence-electron chi connectivity index (χ2n) is 0.781. The summed E-state index contributed by atoms with van der Waals surface area (Å²) in [6.45, 7) is 5.67. The van der Waals surface area contributed by atoms with Gasteiger partial charge in [-0.05, 0) is 13.8 Å². The second kappa shape index (κ2) is 49.7. The molecule has 0 N–H and O–H groups in total. The van der Waals surface area contributed by atoms with Crippen LogP contribution in [0.1, 0.15) is 13.8 Å². The van der Waals surface area contributed by atoms with Crippen molar-refractivity contribution in [2.75, 3.05) is 13.2 Å². The zero-order valence-corrected chi connectivity index (χ0v) is 15.0. The van der Waals surface area contributed by atoms with E-state index in [1.807, 2.05) is 13.8 Å². The zero-order chi connectivity index (χ0) is 4.12. The van der Waals surface area contributed by atoms with Gasteiger partial charge in [0.25, 0.3) is 0 Å². The zero-order valence-electron chi connectivity index (χ0n) is 5.79. The summed E-state index contributed by atoms with van der Waals surface area (Å²) in [5.41, 5.74) is 0. The molecule has 0 aliphatic carbocycles. The molecule has 0 saturated carbocycles. The number of rotatable bonds is 2. The second-order valence-corrected chi connectivity index (χ2v) is 0.781. The first-order valence-corrected chi connectivity index (χ1v) is 1.99. The van der Waals surface area contributed by atoms with E-state index in [2.05, 4.69) is 0 Å². The summed E-state index contributed by atoms with van der Waals surface area (Å²) in [5, 5.41) is 0. The molecule has 1 nitrogen and oxygen atoms in total. The van der Waals surface area contributed by atoms with E-state index in [4.69, 9.17) is 4.74 Å². The van der Waals surface area contributed by atoms with Crippen LogP contribution in [-0.4, -0.2) is 13.2 Å². The van der Waals surface area contributed by atoms with Gasteiger partial charge in [-0.25, -0.2) is 0 Å². The van der Waals surface area contributed by atoms with E-state index >= 15 is 0 Å². The van der Waals surface area contributed by atoms with Gasteiger partial charge in [0, 0.05) is 127 Å². The van der Waals surface area contributed by atoms with Crippen LogP contribution in [0.4, 0.5) is 0 Å². The molecule has 0 spiro atoms. The van der Waals surface area contributed by atoms with Crippen molar-refractivity contribution in [1.29, 1.82) is 0 Å². The molecule has 0 aromatic carbocycles. The Balaban J connectivity index is -0.00000000533. The topological polar surface area (TPSA) is 9.23 Å². The molecule has 0 bridgehead atoms. The minimum Gasteiger partial charge on any atom is -0.382 e. The van der Waals surface area contributed by atoms with Crippen LogP contribution < -0.4 is 0 Å².